The fourth-order valence-corrected chi connectivity index (χ4v) is 5.07. The molecule has 1 aliphatic heterocycles. The Bertz CT molecular complexity index is 575. The topological polar surface area (TPSA) is 46.3 Å². The number of nitrogens with zero attached hydrogens (tertiary/aromatic N) is 1. The van der Waals surface area contributed by atoms with Gasteiger partial charge in [0.15, 0.2) is 0 Å². The summed E-state index contributed by atoms with van der Waals surface area (Å²) in [7, 11) is 0. The Morgan fingerprint density at radius 2 is 2.35 bits per heavy atom. The summed E-state index contributed by atoms with van der Waals surface area (Å²) in [6.45, 7) is 3.65. The third kappa shape index (κ3) is 2.50. The monoisotopic (exact) mass is 308 g/mol. The number of carbonyl (C=O) groups is 1. The van der Waals surface area contributed by atoms with Gasteiger partial charge >= 0.3 is 0 Å². The lowest BCUT2D eigenvalue weighted by Crippen LogP contribution is -2.49. The number of amides is 1. The second-order valence-electron chi connectivity index (χ2n) is 5.45. The quantitative estimate of drug-likeness (QED) is 0.942. The summed E-state index contributed by atoms with van der Waals surface area (Å²) >= 11 is 3.30. The number of nitrogens with two attached hydrogens (primary N) is 1. The fourth-order valence-electron chi connectivity index (χ4n) is 3.01. The Morgan fingerprint density at radius 1 is 1.50 bits per heavy atom. The van der Waals surface area contributed by atoms with Gasteiger partial charge in [-0.05, 0) is 36.3 Å². The molecule has 2 N–H and O–H groups in total. The number of rotatable bonds is 3. The first-order chi connectivity index (χ1) is 9.72. The van der Waals surface area contributed by atoms with Crippen molar-refractivity contribution in [3.8, 4) is 0 Å². The Labute approximate surface area is 127 Å². The number of hydrogen-bond acceptors (Lipinski definition) is 4. The zero-order chi connectivity index (χ0) is 14.1. The SMILES string of the molecule is CCC1CCN(C(=O)c2cc3sccc3s2)C(CN)C1. The van der Waals surface area contributed by atoms with E-state index in [0.717, 1.165) is 30.2 Å². The molecule has 0 bridgehead atoms. The van der Waals surface area contributed by atoms with Gasteiger partial charge in [0, 0.05) is 28.5 Å². The Balaban J connectivity index is 1.80. The largest absolute Gasteiger partial charge is 0.334 e. The molecule has 3 nitrogen and oxygen atoms in total. The Kier molecular flexibility index (Phi) is 4.10. The molecule has 1 saturated heterocycles. The van der Waals surface area contributed by atoms with Crippen LogP contribution in [0.4, 0.5) is 0 Å². The van der Waals surface area contributed by atoms with E-state index in [2.05, 4.69) is 18.4 Å². The van der Waals surface area contributed by atoms with E-state index in [1.54, 1.807) is 22.7 Å². The van der Waals surface area contributed by atoms with Crippen molar-refractivity contribution >= 4 is 38.0 Å². The predicted octanol–water partition coefficient (Wildman–Crippen LogP) is 3.55. The van der Waals surface area contributed by atoms with Crippen LogP contribution in [-0.2, 0) is 0 Å². The van der Waals surface area contributed by atoms with Crippen LogP contribution in [0.15, 0.2) is 17.5 Å². The van der Waals surface area contributed by atoms with Crippen molar-refractivity contribution in [3.63, 3.8) is 0 Å². The van der Waals surface area contributed by atoms with Crippen LogP contribution in [0.3, 0.4) is 0 Å². The summed E-state index contributed by atoms with van der Waals surface area (Å²) in [5.74, 6) is 0.892. The van der Waals surface area contributed by atoms with Gasteiger partial charge in [0.2, 0.25) is 0 Å². The van der Waals surface area contributed by atoms with Gasteiger partial charge in [-0.2, -0.15) is 0 Å². The first-order valence-electron chi connectivity index (χ1n) is 7.21. The molecule has 3 rings (SSSR count). The molecule has 0 radical (unpaired) electrons. The lowest BCUT2D eigenvalue weighted by Gasteiger charge is -2.38. The van der Waals surface area contributed by atoms with Gasteiger partial charge in [0.05, 0.1) is 4.88 Å². The third-order valence-electron chi connectivity index (χ3n) is 4.28. The zero-order valence-electron chi connectivity index (χ0n) is 11.7. The molecule has 1 amide bonds. The van der Waals surface area contributed by atoms with Crippen LogP contribution < -0.4 is 5.73 Å². The van der Waals surface area contributed by atoms with Crippen molar-refractivity contribution in [2.45, 2.75) is 32.2 Å². The first kappa shape index (κ1) is 14.0. The molecule has 20 heavy (non-hydrogen) atoms. The molecule has 2 unspecified atom stereocenters. The lowest BCUT2D eigenvalue weighted by molar-refractivity contribution is 0.0563. The van der Waals surface area contributed by atoms with Crippen molar-refractivity contribution in [2.24, 2.45) is 11.7 Å². The molecule has 2 aromatic rings. The molecule has 1 aliphatic rings. The van der Waals surface area contributed by atoms with E-state index in [0.29, 0.717) is 6.54 Å². The summed E-state index contributed by atoms with van der Waals surface area (Å²) in [4.78, 5) is 15.6. The third-order valence-corrected chi connectivity index (χ3v) is 6.37. The Hall–Kier alpha value is -0.910. The molecule has 0 spiro atoms. The highest BCUT2D eigenvalue weighted by molar-refractivity contribution is 7.27. The molecule has 3 heterocycles. The highest BCUT2D eigenvalue weighted by Gasteiger charge is 2.31. The second-order valence-corrected chi connectivity index (χ2v) is 7.48. The molecular weight excluding hydrogens is 288 g/mol. The molecule has 2 atom stereocenters. The first-order valence-corrected chi connectivity index (χ1v) is 8.90. The standard InChI is InChI=1S/C15H20N2OS2/c1-2-10-3-5-17(11(7-10)9-16)15(18)14-8-13-12(20-14)4-6-19-13/h4,6,8,10-11H,2-3,5,7,9,16H2,1H3. The molecular formula is C15H20N2OS2. The number of hydrogen-bond donors (Lipinski definition) is 1. The van der Waals surface area contributed by atoms with E-state index in [1.807, 2.05) is 11.0 Å². The van der Waals surface area contributed by atoms with Crippen LogP contribution >= 0.6 is 22.7 Å². The van der Waals surface area contributed by atoms with E-state index in [1.165, 1.54) is 15.8 Å². The molecule has 108 valence electrons. The smallest absolute Gasteiger partial charge is 0.264 e. The summed E-state index contributed by atoms with van der Waals surface area (Å²) in [6, 6.07) is 4.33. The van der Waals surface area contributed by atoms with E-state index in [-0.39, 0.29) is 11.9 Å². The van der Waals surface area contributed by atoms with Crippen LogP contribution in [0.25, 0.3) is 9.40 Å². The second kappa shape index (κ2) is 5.84. The van der Waals surface area contributed by atoms with Gasteiger partial charge in [0.25, 0.3) is 5.91 Å². The van der Waals surface area contributed by atoms with E-state index in [9.17, 15) is 4.79 Å². The van der Waals surface area contributed by atoms with Crippen molar-refractivity contribution in [3.05, 3.63) is 22.4 Å². The van der Waals surface area contributed by atoms with Crippen molar-refractivity contribution in [1.82, 2.24) is 4.90 Å². The van der Waals surface area contributed by atoms with Crippen LogP contribution in [0.5, 0.6) is 0 Å². The van der Waals surface area contributed by atoms with Gasteiger partial charge in [-0.3, -0.25) is 4.79 Å². The lowest BCUT2D eigenvalue weighted by atomic mass is 9.89. The van der Waals surface area contributed by atoms with Gasteiger partial charge in [0.1, 0.15) is 0 Å². The number of fused-ring (bicyclic) bond motifs is 1. The number of thiophene rings is 2. The van der Waals surface area contributed by atoms with Crippen molar-refractivity contribution in [1.29, 1.82) is 0 Å². The highest BCUT2D eigenvalue weighted by atomic mass is 32.1. The van der Waals surface area contributed by atoms with E-state index >= 15 is 0 Å². The van der Waals surface area contributed by atoms with E-state index < -0.39 is 0 Å². The predicted molar refractivity (Wildman–Crippen MR) is 86.6 cm³/mol. The van der Waals surface area contributed by atoms with Crippen molar-refractivity contribution in [2.75, 3.05) is 13.1 Å². The number of piperidine rings is 1. The molecule has 1 fully saturated rings. The molecule has 0 saturated carbocycles. The zero-order valence-corrected chi connectivity index (χ0v) is 13.3. The molecule has 0 aromatic carbocycles. The normalized spacial score (nSPS) is 23.4. The summed E-state index contributed by atoms with van der Waals surface area (Å²) in [5, 5.41) is 2.07. The molecule has 0 aliphatic carbocycles. The van der Waals surface area contributed by atoms with Crippen molar-refractivity contribution < 1.29 is 4.79 Å². The minimum atomic E-state index is 0.170. The highest BCUT2D eigenvalue weighted by Crippen LogP contribution is 2.32. The van der Waals surface area contributed by atoms with Crippen LogP contribution in [-0.4, -0.2) is 29.9 Å². The van der Waals surface area contributed by atoms with Crippen LogP contribution in [0.1, 0.15) is 35.9 Å². The summed E-state index contributed by atoms with van der Waals surface area (Å²) < 4.78 is 2.43. The van der Waals surface area contributed by atoms with E-state index in [4.69, 9.17) is 5.73 Å². The fraction of sp³-hybridized carbons (Fsp3) is 0.533. The maximum absolute atomic E-state index is 12.7. The maximum Gasteiger partial charge on any atom is 0.264 e. The van der Waals surface area contributed by atoms with Gasteiger partial charge in [-0.25, -0.2) is 0 Å². The van der Waals surface area contributed by atoms with Gasteiger partial charge < -0.3 is 10.6 Å². The van der Waals surface area contributed by atoms with Gasteiger partial charge in [-0.1, -0.05) is 13.3 Å². The minimum Gasteiger partial charge on any atom is -0.334 e. The maximum atomic E-state index is 12.7. The van der Waals surface area contributed by atoms with Gasteiger partial charge in [-0.15, -0.1) is 22.7 Å². The number of carbonyl (C=O) groups excluding carboxylic acids is 1. The minimum absolute atomic E-state index is 0.170. The number of likely N-dealkylation sites (tertiary alicyclic amines) is 1. The average Bonchev–Trinajstić information content (AvgIpc) is 3.07. The van der Waals surface area contributed by atoms with Crippen LogP contribution in [0, 0.1) is 5.92 Å². The Morgan fingerprint density at radius 3 is 3.05 bits per heavy atom. The average molecular weight is 308 g/mol. The summed E-state index contributed by atoms with van der Waals surface area (Å²) in [5.41, 5.74) is 5.89. The molecule has 5 heteroatoms. The molecule has 2 aromatic heterocycles. The summed E-state index contributed by atoms with van der Waals surface area (Å²) in [6.07, 6.45) is 3.35. The van der Waals surface area contributed by atoms with Crippen LogP contribution in [0.2, 0.25) is 0 Å².